The lowest BCUT2D eigenvalue weighted by Crippen LogP contribution is -1.70. The Hall–Kier alpha value is -0.810. The zero-order valence-corrected chi connectivity index (χ0v) is 6.03. The van der Waals surface area contributed by atoms with Crippen LogP contribution in [0.2, 0.25) is 0 Å². The molecule has 1 heterocycles. The van der Waals surface area contributed by atoms with Crippen molar-refractivity contribution in [2.24, 2.45) is 0 Å². The standard InChI is InChI=1S/C7H7NS/c1-3-6-5-8-7(4-2)9-6/h1,5H,4H2,2H3. The molecule has 0 unspecified atom stereocenters. The number of aryl methyl sites for hydroxylation is 1. The molecule has 9 heavy (non-hydrogen) atoms. The van der Waals surface area contributed by atoms with Crippen LogP contribution in [0.3, 0.4) is 0 Å². The van der Waals surface area contributed by atoms with Gasteiger partial charge in [0.25, 0.3) is 0 Å². The smallest absolute Gasteiger partial charge is 0.0967 e. The van der Waals surface area contributed by atoms with Crippen LogP contribution in [0.1, 0.15) is 16.8 Å². The van der Waals surface area contributed by atoms with Gasteiger partial charge in [-0.3, -0.25) is 0 Å². The average Bonchev–Trinajstić information content (AvgIpc) is 2.34. The molecule has 0 spiro atoms. The van der Waals surface area contributed by atoms with Gasteiger partial charge in [0.1, 0.15) is 0 Å². The molecule has 2 heteroatoms. The van der Waals surface area contributed by atoms with Gasteiger partial charge >= 0.3 is 0 Å². The molecule has 46 valence electrons. The van der Waals surface area contributed by atoms with Gasteiger partial charge < -0.3 is 0 Å². The molecule has 0 radical (unpaired) electrons. The molecule has 1 nitrogen and oxygen atoms in total. The molecular formula is C7H7NS. The van der Waals surface area contributed by atoms with E-state index in [0.29, 0.717) is 0 Å². The van der Waals surface area contributed by atoms with Crippen molar-refractivity contribution in [3.8, 4) is 12.3 Å². The molecule has 0 atom stereocenters. The Morgan fingerprint density at radius 2 is 2.67 bits per heavy atom. The number of nitrogens with zero attached hydrogens (tertiary/aromatic N) is 1. The second kappa shape index (κ2) is 2.65. The summed E-state index contributed by atoms with van der Waals surface area (Å²) in [7, 11) is 0. The van der Waals surface area contributed by atoms with Crippen molar-refractivity contribution < 1.29 is 0 Å². The van der Waals surface area contributed by atoms with Gasteiger partial charge in [0.2, 0.25) is 0 Å². The third-order valence-corrected chi connectivity index (χ3v) is 2.07. The first-order valence-corrected chi connectivity index (χ1v) is 3.59. The highest BCUT2D eigenvalue weighted by atomic mass is 32.1. The lowest BCUT2D eigenvalue weighted by atomic mass is 10.5. The molecule has 0 saturated carbocycles. The highest BCUT2D eigenvalue weighted by Gasteiger charge is 1.93. The SMILES string of the molecule is C#Cc1cnc(CC)s1. The van der Waals surface area contributed by atoms with Gasteiger partial charge in [0.05, 0.1) is 16.1 Å². The molecule has 0 saturated heterocycles. The van der Waals surface area contributed by atoms with Gasteiger partial charge in [0, 0.05) is 0 Å². The largest absolute Gasteiger partial charge is 0.248 e. The molecule has 0 aliphatic heterocycles. The Bertz CT molecular complexity index is 231. The van der Waals surface area contributed by atoms with Gasteiger partial charge in [-0.1, -0.05) is 12.8 Å². The molecule has 0 fully saturated rings. The Morgan fingerprint density at radius 1 is 1.89 bits per heavy atom. The summed E-state index contributed by atoms with van der Waals surface area (Å²) in [5, 5.41) is 1.11. The predicted octanol–water partition coefficient (Wildman–Crippen LogP) is 1.69. The molecular weight excluding hydrogens is 130 g/mol. The van der Waals surface area contributed by atoms with Crippen LogP contribution < -0.4 is 0 Å². The molecule has 0 aromatic carbocycles. The Kier molecular flexibility index (Phi) is 1.86. The summed E-state index contributed by atoms with van der Waals surface area (Å²) in [5.74, 6) is 2.54. The van der Waals surface area contributed by atoms with Crippen molar-refractivity contribution in [2.75, 3.05) is 0 Å². The summed E-state index contributed by atoms with van der Waals surface area (Å²) in [6.45, 7) is 2.07. The summed E-state index contributed by atoms with van der Waals surface area (Å²) in [4.78, 5) is 5.00. The van der Waals surface area contributed by atoms with E-state index in [2.05, 4.69) is 17.8 Å². The monoisotopic (exact) mass is 137 g/mol. The first-order valence-electron chi connectivity index (χ1n) is 2.78. The number of rotatable bonds is 1. The van der Waals surface area contributed by atoms with Crippen LogP contribution in [0.15, 0.2) is 6.20 Å². The average molecular weight is 137 g/mol. The Labute approximate surface area is 58.8 Å². The molecule has 0 aliphatic rings. The van der Waals surface area contributed by atoms with E-state index in [-0.39, 0.29) is 0 Å². The molecule has 0 N–H and O–H groups in total. The number of aromatic nitrogens is 1. The van der Waals surface area contributed by atoms with Crippen LogP contribution in [0.25, 0.3) is 0 Å². The van der Waals surface area contributed by atoms with Crippen LogP contribution >= 0.6 is 11.3 Å². The summed E-state index contributed by atoms with van der Waals surface area (Å²) >= 11 is 1.59. The van der Waals surface area contributed by atoms with Crippen LogP contribution in [0, 0.1) is 12.3 Å². The maximum Gasteiger partial charge on any atom is 0.0967 e. The minimum atomic E-state index is 0.923. The first-order chi connectivity index (χ1) is 4.36. The van der Waals surface area contributed by atoms with E-state index in [4.69, 9.17) is 6.42 Å². The maximum absolute atomic E-state index is 5.14. The highest BCUT2D eigenvalue weighted by Crippen LogP contribution is 2.10. The minimum absolute atomic E-state index is 0.923. The summed E-state index contributed by atoms with van der Waals surface area (Å²) in [6.07, 6.45) is 7.86. The topological polar surface area (TPSA) is 12.9 Å². The zero-order valence-electron chi connectivity index (χ0n) is 5.22. The predicted molar refractivity (Wildman–Crippen MR) is 39.4 cm³/mol. The maximum atomic E-state index is 5.14. The molecule has 0 bridgehead atoms. The van der Waals surface area contributed by atoms with Crippen molar-refractivity contribution in [2.45, 2.75) is 13.3 Å². The Morgan fingerprint density at radius 3 is 3.00 bits per heavy atom. The van der Waals surface area contributed by atoms with E-state index in [9.17, 15) is 0 Å². The third kappa shape index (κ3) is 1.30. The van der Waals surface area contributed by atoms with E-state index in [1.54, 1.807) is 17.5 Å². The second-order valence-electron chi connectivity index (χ2n) is 1.62. The third-order valence-electron chi connectivity index (χ3n) is 0.998. The van der Waals surface area contributed by atoms with Crippen LogP contribution in [0.5, 0.6) is 0 Å². The molecule has 0 amide bonds. The van der Waals surface area contributed by atoms with Crippen molar-refractivity contribution in [1.82, 2.24) is 4.98 Å². The fraction of sp³-hybridized carbons (Fsp3) is 0.286. The normalized spacial score (nSPS) is 8.89. The number of hydrogen-bond donors (Lipinski definition) is 0. The van der Waals surface area contributed by atoms with Gasteiger partial charge in [-0.2, -0.15) is 0 Å². The lowest BCUT2D eigenvalue weighted by Gasteiger charge is -1.78. The molecule has 1 aromatic heterocycles. The van der Waals surface area contributed by atoms with Crippen LogP contribution in [-0.4, -0.2) is 4.98 Å². The lowest BCUT2D eigenvalue weighted by molar-refractivity contribution is 1.09. The highest BCUT2D eigenvalue weighted by molar-refractivity contribution is 7.12. The van der Waals surface area contributed by atoms with Gasteiger partial charge in [-0.05, 0) is 6.42 Å². The van der Waals surface area contributed by atoms with E-state index in [0.717, 1.165) is 16.3 Å². The summed E-state index contributed by atoms with van der Waals surface area (Å²) in [6, 6.07) is 0. The van der Waals surface area contributed by atoms with E-state index in [1.165, 1.54) is 0 Å². The summed E-state index contributed by atoms with van der Waals surface area (Å²) < 4.78 is 0. The van der Waals surface area contributed by atoms with E-state index in [1.807, 2.05) is 0 Å². The zero-order chi connectivity index (χ0) is 6.69. The van der Waals surface area contributed by atoms with Crippen molar-refractivity contribution in [3.63, 3.8) is 0 Å². The van der Waals surface area contributed by atoms with Crippen molar-refractivity contribution in [1.29, 1.82) is 0 Å². The van der Waals surface area contributed by atoms with Gasteiger partial charge in [-0.25, -0.2) is 4.98 Å². The van der Waals surface area contributed by atoms with Crippen molar-refractivity contribution in [3.05, 3.63) is 16.1 Å². The Balaban J connectivity index is 2.90. The van der Waals surface area contributed by atoms with E-state index >= 15 is 0 Å². The molecule has 0 aliphatic carbocycles. The fourth-order valence-electron chi connectivity index (χ4n) is 0.540. The van der Waals surface area contributed by atoms with E-state index < -0.39 is 0 Å². The fourth-order valence-corrected chi connectivity index (χ4v) is 1.21. The minimum Gasteiger partial charge on any atom is -0.248 e. The first kappa shape index (κ1) is 6.31. The van der Waals surface area contributed by atoms with Crippen LogP contribution in [-0.2, 0) is 6.42 Å². The molecule has 1 rings (SSSR count). The quantitative estimate of drug-likeness (QED) is 0.537. The van der Waals surface area contributed by atoms with Gasteiger partial charge in [-0.15, -0.1) is 17.8 Å². The number of hydrogen-bond acceptors (Lipinski definition) is 2. The summed E-state index contributed by atoms with van der Waals surface area (Å²) in [5.41, 5.74) is 0. The number of thiazole rings is 1. The van der Waals surface area contributed by atoms with Crippen molar-refractivity contribution >= 4 is 11.3 Å². The molecule has 1 aromatic rings. The van der Waals surface area contributed by atoms with Gasteiger partial charge in [0.15, 0.2) is 0 Å². The number of terminal acetylenes is 1. The second-order valence-corrected chi connectivity index (χ2v) is 2.73. The van der Waals surface area contributed by atoms with Crippen LogP contribution in [0.4, 0.5) is 0 Å².